The number of esters is 1. The van der Waals surface area contributed by atoms with Gasteiger partial charge >= 0.3 is 5.97 Å². The van der Waals surface area contributed by atoms with Gasteiger partial charge in [-0.05, 0) is 0 Å². The lowest BCUT2D eigenvalue weighted by Crippen LogP contribution is -2.13. The third-order valence-corrected chi connectivity index (χ3v) is 1.01. The number of carbonyl (C=O) groups excluding carboxylic acids is 1. The molecule has 0 aliphatic rings. The Balaban J connectivity index is 3.51. The number of rotatable bonds is 5. The molecule has 1 N–H and O–H groups in total. The molecule has 0 aromatic carbocycles. The van der Waals surface area contributed by atoms with Crippen LogP contribution in [0.15, 0.2) is 25.3 Å². The van der Waals surface area contributed by atoms with E-state index in [0.29, 0.717) is 0 Å². The van der Waals surface area contributed by atoms with E-state index >= 15 is 0 Å². The molecule has 62 valence electrons. The van der Waals surface area contributed by atoms with Gasteiger partial charge in [-0.2, -0.15) is 0 Å². The Morgan fingerprint density at radius 2 is 2.27 bits per heavy atom. The van der Waals surface area contributed by atoms with Crippen LogP contribution in [0.5, 0.6) is 0 Å². The van der Waals surface area contributed by atoms with E-state index < -0.39 is 12.1 Å². The van der Waals surface area contributed by atoms with Crippen molar-refractivity contribution >= 4 is 5.97 Å². The number of hydrogen-bond donors (Lipinski definition) is 1. The first-order valence-corrected chi connectivity index (χ1v) is 3.28. The zero-order valence-electron chi connectivity index (χ0n) is 6.32. The van der Waals surface area contributed by atoms with Gasteiger partial charge in [0, 0.05) is 0 Å². The van der Waals surface area contributed by atoms with Gasteiger partial charge in [0.15, 0.2) is 0 Å². The van der Waals surface area contributed by atoms with Gasteiger partial charge in [0.05, 0.1) is 12.5 Å². The number of hydrogen-bond acceptors (Lipinski definition) is 3. The lowest BCUT2D eigenvalue weighted by Gasteiger charge is -2.03. The van der Waals surface area contributed by atoms with Crippen LogP contribution < -0.4 is 0 Å². The van der Waals surface area contributed by atoms with Crippen LogP contribution in [0.1, 0.15) is 6.42 Å². The fraction of sp³-hybridized carbons (Fsp3) is 0.375. The molecule has 3 nitrogen and oxygen atoms in total. The van der Waals surface area contributed by atoms with Gasteiger partial charge in [-0.1, -0.05) is 18.7 Å². The number of ether oxygens (including phenoxy) is 1. The molecule has 0 bridgehead atoms. The second kappa shape index (κ2) is 5.68. The third-order valence-electron chi connectivity index (χ3n) is 1.01. The summed E-state index contributed by atoms with van der Waals surface area (Å²) in [4.78, 5) is 10.7. The van der Waals surface area contributed by atoms with Crippen molar-refractivity contribution in [2.24, 2.45) is 0 Å². The Morgan fingerprint density at radius 3 is 2.73 bits per heavy atom. The highest BCUT2D eigenvalue weighted by Crippen LogP contribution is 1.94. The molecule has 0 aliphatic heterocycles. The minimum atomic E-state index is -0.813. The van der Waals surface area contributed by atoms with Crippen molar-refractivity contribution in [2.45, 2.75) is 12.5 Å². The summed E-state index contributed by atoms with van der Waals surface area (Å²) >= 11 is 0. The van der Waals surface area contributed by atoms with Crippen molar-refractivity contribution < 1.29 is 14.6 Å². The molecule has 0 radical (unpaired) electrons. The lowest BCUT2D eigenvalue weighted by molar-refractivity contribution is -0.143. The summed E-state index contributed by atoms with van der Waals surface area (Å²) in [5.41, 5.74) is 0. The highest BCUT2D eigenvalue weighted by atomic mass is 16.5. The predicted molar refractivity (Wildman–Crippen MR) is 42.0 cm³/mol. The van der Waals surface area contributed by atoms with Gasteiger partial charge in [0.25, 0.3) is 0 Å². The first-order valence-electron chi connectivity index (χ1n) is 3.28. The van der Waals surface area contributed by atoms with Crippen molar-refractivity contribution in [1.29, 1.82) is 0 Å². The largest absolute Gasteiger partial charge is 0.461 e. The quantitative estimate of drug-likeness (QED) is 0.469. The topological polar surface area (TPSA) is 46.5 Å². The molecule has 0 aromatic heterocycles. The van der Waals surface area contributed by atoms with E-state index in [9.17, 15) is 4.79 Å². The summed E-state index contributed by atoms with van der Waals surface area (Å²) in [7, 11) is 0. The van der Waals surface area contributed by atoms with E-state index in [1.807, 2.05) is 0 Å². The molecule has 0 aliphatic carbocycles. The average Bonchev–Trinajstić information content (AvgIpc) is 2.00. The summed E-state index contributed by atoms with van der Waals surface area (Å²) in [6, 6.07) is 0. The SMILES string of the molecule is C=CCOC(=O)CC(O)C=C. The fourth-order valence-electron chi connectivity index (χ4n) is 0.465. The molecule has 11 heavy (non-hydrogen) atoms. The molecule has 0 spiro atoms. The average molecular weight is 156 g/mol. The van der Waals surface area contributed by atoms with Gasteiger partial charge < -0.3 is 9.84 Å². The van der Waals surface area contributed by atoms with Gasteiger partial charge in [0.1, 0.15) is 6.61 Å². The standard InChI is InChI=1S/C8H12O3/c1-3-5-11-8(10)6-7(9)4-2/h3-4,7,9H,1-2,5-6H2. The van der Waals surface area contributed by atoms with Crippen molar-refractivity contribution in [3.63, 3.8) is 0 Å². The predicted octanol–water partition coefficient (Wildman–Crippen LogP) is 0.653. The minimum absolute atomic E-state index is 0.0443. The van der Waals surface area contributed by atoms with Crippen molar-refractivity contribution in [1.82, 2.24) is 0 Å². The van der Waals surface area contributed by atoms with Crippen molar-refractivity contribution in [3.8, 4) is 0 Å². The Kier molecular flexibility index (Phi) is 5.11. The summed E-state index contributed by atoms with van der Waals surface area (Å²) in [6.07, 6.45) is 1.90. The molecular formula is C8H12O3. The molecule has 0 saturated carbocycles. The smallest absolute Gasteiger partial charge is 0.309 e. The van der Waals surface area contributed by atoms with Crippen LogP contribution in [0, 0.1) is 0 Å². The highest BCUT2D eigenvalue weighted by Gasteiger charge is 2.06. The van der Waals surface area contributed by atoms with Crippen LogP contribution in [0.25, 0.3) is 0 Å². The Labute approximate surface area is 66.0 Å². The fourth-order valence-corrected chi connectivity index (χ4v) is 0.465. The maximum atomic E-state index is 10.7. The van der Waals surface area contributed by atoms with E-state index in [4.69, 9.17) is 5.11 Å². The van der Waals surface area contributed by atoms with Crippen LogP contribution >= 0.6 is 0 Å². The van der Waals surface area contributed by atoms with Crippen molar-refractivity contribution in [2.75, 3.05) is 6.61 Å². The minimum Gasteiger partial charge on any atom is -0.461 e. The Bertz CT molecular complexity index is 151. The van der Waals surface area contributed by atoms with E-state index in [-0.39, 0.29) is 13.0 Å². The van der Waals surface area contributed by atoms with Crippen LogP contribution in [-0.4, -0.2) is 23.8 Å². The van der Waals surface area contributed by atoms with E-state index in [1.54, 1.807) is 0 Å². The molecule has 1 unspecified atom stereocenters. The summed E-state index contributed by atoms with van der Waals surface area (Å²) in [6.45, 7) is 6.87. The molecule has 1 atom stereocenters. The van der Waals surface area contributed by atoms with E-state index in [0.717, 1.165) is 0 Å². The molecule has 0 amide bonds. The highest BCUT2D eigenvalue weighted by molar-refractivity contribution is 5.70. The van der Waals surface area contributed by atoms with Gasteiger partial charge in [-0.3, -0.25) is 4.79 Å². The second-order valence-electron chi connectivity index (χ2n) is 1.98. The molecule has 0 heterocycles. The third kappa shape index (κ3) is 5.36. The number of aliphatic hydroxyl groups excluding tert-OH is 1. The summed E-state index contributed by atoms with van der Waals surface area (Å²) in [5.74, 6) is -0.447. The summed E-state index contributed by atoms with van der Waals surface area (Å²) in [5, 5.41) is 8.88. The van der Waals surface area contributed by atoms with Crippen LogP contribution in [0.4, 0.5) is 0 Å². The maximum absolute atomic E-state index is 10.7. The first kappa shape index (κ1) is 9.91. The molecular weight excluding hydrogens is 144 g/mol. The molecule has 0 aromatic rings. The molecule has 0 fully saturated rings. The maximum Gasteiger partial charge on any atom is 0.309 e. The van der Waals surface area contributed by atoms with Gasteiger partial charge in [-0.15, -0.1) is 6.58 Å². The van der Waals surface area contributed by atoms with E-state index in [1.165, 1.54) is 12.2 Å². The van der Waals surface area contributed by atoms with Crippen LogP contribution in [0.2, 0.25) is 0 Å². The summed E-state index contributed by atoms with van der Waals surface area (Å²) < 4.78 is 4.60. The normalized spacial score (nSPS) is 11.7. The van der Waals surface area contributed by atoms with E-state index in [2.05, 4.69) is 17.9 Å². The number of carbonyl (C=O) groups is 1. The Morgan fingerprint density at radius 1 is 1.64 bits per heavy atom. The molecule has 0 rings (SSSR count). The molecule has 0 saturated heterocycles. The van der Waals surface area contributed by atoms with Crippen molar-refractivity contribution in [3.05, 3.63) is 25.3 Å². The first-order chi connectivity index (χ1) is 5.20. The molecule has 3 heteroatoms. The van der Waals surface area contributed by atoms with Gasteiger partial charge in [-0.25, -0.2) is 0 Å². The van der Waals surface area contributed by atoms with Gasteiger partial charge in [0.2, 0.25) is 0 Å². The zero-order chi connectivity index (χ0) is 8.69. The van der Waals surface area contributed by atoms with Crippen LogP contribution in [0.3, 0.4) is 0 Å². The Hall–Kier alpha value is -1.09. The number of aliphatic hydroxyl groups is 1. The van der Waals surface area contributed by atoms with Crippen LogP contribution in [-0.2, 0) is 9.53 Å². The second-order valence-corrected chi connectivity index (χ2v) is 1.98. The lowest BCUT2D eigenvalue weighted by atomic mass is 10.2. The monoisotopic (exact) mass is 156 g/mol. The zero-order valence-corrected chi connectivity index (χ0v) is 6.32.